The van der Waals surface area contributed by atoms with Gasteiger partial charge in [0.2, 0.25) is 0 Å². The van der Waals surface area contributed by atoms with Crippen LogP contribution in [0, 0.1) is 6.92 Å². The number of aromatic nitrogens is 1. The second kappa shape index (κ2) is 7.37. The van der Waals surface area contributed by atoms with Crippen LogP contribution >= 0.6 is 22.9 Å². The Labute approximate surface area is 186 Å². The lowest BCUT2D eigenvalue weighted by Crippen LogP contribution is -2.29. The number of amides is 1. The highest BCUT2D eigenvalue weighted by molar-refractivity contribution is 7.22. The van der Waals surface area contributed by atoms with Gasteiger partial charge >= 0.3 is 5.91 Å². The maximum Gasteiger partial charge on any atom is 0.302 e. The molecule has 1 N–H and O–H groups in total. The van der Waals surface area contributed by atoms with E-state index in [0.29, 0.717) is 32.8 Å². The highest BCUT2D eigenvalue weighted by atomic mass is 35.5. The summed E-state index contributed by atoms with van der Waals surface area (Å²) in [6, 6.07) is 16.4. The molecule has 6 nitrogen and oxygen atoms in total. The molecule has 1 fully saturated rings. The van der Waals surface area contributed by atoms with Crippen LogP contribution in [-0.2, 0) is 9.59 Å². The lowest BCUT2D eigenvalue weighted by molar-refractivity contribution is -0.132. The Morgan fingerprint density at radius 3 is 2.61 bits per heavy atom. The first-order valence-electron chi connectivity index (χ1n) is 9.43. The minimum atomic E-state index is -0.940. The van der Waals surface area contributed by atoms with E-state index in [4.69, 9.17) is 16.0 Å². The lowest BCUT2D eigenvalue weighted by Gasteiger charge is -2.20. The number of aliphatic hydroxyl groups excluding tert-OH is 1. The van der Waals surface area contributed by atoms with Crippen LogP contribution in [0.4, 0.5) is 5.13 Å². The highest BCUT2D eigenvalue weighted by Gasteiger charge is 2.49. The highest BCUT2D eigenvalue weighted by Crippen LogP contribution is 2.44. The Kier molecular flexibility index (Phi) is 4.64. The van der Waals surface area contributed by atoms with Crippen LogP contribution in [0.5, 0.6) is 0 Å². The molecule has 1 atom stereocenters. The molecule has 5 rings (SSSR count). The van der Waals surface area contributed by atoms with E-state index in [1.165, 1.54) is 16.2 Å². The molecule has 8 heteroatoms. The van der Waals surface area contributed by atoms with Crippen molar-refractivity contribution in [3.63, 3.8) is 0 Å². The fraction of sp³-hybridized carbons (Fsp3) is 0.0870. The number of benzene rings is 2. The van der Waals surface area contributed by atoms with E-state index in [1.54, 1.807) is 67.6 Å². The second-order valence-electron chi connectivity index (χ2n) is 7.09. The van der Waals surface area contributed by atoms with Gasteiger partial charge in [-0.15, -0.1) is 0 Å². The van der Waals surface area contributed by atoms with E-state index in [-0.39, 0.29) is 11.3 Å². The number of furan rings is 1. The molecular formula is C23H15ClN2O4S. The van der Waals surface area contributed by atoms with Crippen LogP contribution in [0.1, 0.15) is 23.1 Å². The Hall–Kier alpha value is -3.42. The Morgan fingerprint density at radius 1 is 1.13 bits per heavy atom. The maximum absolute atomic E-state index is 13.1. The molecule has 1 amide bonds. The van der Waals surface area contributed by atoms with Crippen molar-refractivity contribution in [2.24, 2.45) is 0 Å². The third-order valence-corrected chi connectivity index (χ3v) is 6.32. The number of halogens is 1. The second-order valence-corrected chi connectivity index (χ2v) is 8.54. The van der Waals surface area contributed by atoms with Crippen molar-refractivity contribution in [2.45, 2.75) is 13.0 Å². The van der Waals surface area contributed by atoms with E-state index >= 15 is 0 Å². The SMILES string of the molecule is Cc1ccc(C2C(=C(O)c3ccccc3)C(=O)C(=O)N2c2nc3ccc(Cl)cc3s2)o1. The predicted molar refractivity (Wildman–Crippen MR) is 119 cm³/mol. The first kappa shape index (κ1) is 19.5. The normalized spacial score (nSPS) is 18.3. The molecule has 0 saturated carbocycles. The number of carbonyl (C=O) groups is 2. The minimum Gasteiger partial charge on any atom is -0.507 e. The predicted octanol–water partition coefficient (Wildman–Crippen LogP) is 5.48. The number of thiazole rings is 1. The molecule has 0 bridgehead atoms. The van der Waals surface area contributed by atoms with Crippen molar-refractivity contribution in [3.05, 3.63) is 88.3 Å². The molecule has 0 spiro atoms. The standard InChI is InChI=1S/C23H15ClN2O4S/c1-12-7-10-16(30-12)19-18(20(27)13-5-3-2-4-6-13)21(28)22(29)26(19)23-25-15-9-8-14(24)11-17(15)31-23/h2-11,19,27H,1H3. The van der Waals surface area contributed by atoms with Gasteiger partial charge < -0.3 is 9.52 Å². The quantitative estimate of drug-likeness (QED) is 0.254. The first-order valence-corrected chi connectivity index (χ1v) is 10.6. The van der Waals surface area contributed by atoms with Gasteiger partial charge in [-0.2, -0.15) is 0 Å². The average Bonchev–Trinajstić information content (AvgIpc) is 3.44. The molecule has 1 unspecified atom stereocenters. The summed E-state index contributed by atoms with van der Waals surface area (Å²) >= 11 is 7.33. The van der Waals surface area contributed by atoms with Crippen LogP contribution in [-0.4, -0.2) is 21.8 Å². The van der Waals surface area contributed by atoms with E-state index in [2.05, 4.69) is 4.98 Å². The van der Waals surface area contributed by atoms with Gasteiger partial charge in [-0.1, -0.05) is 53.3 Å². The molecule has 2 aromatic heterocycles. The third-order valence-electron chi connectivity index (χ3n) is 5.07. The van der Waals surface area contributed by atoms with Crippen LogP contribution in [0.3, 0.4) is 0 Å². The van der Waals surface area contributed by atoms with E-state index in [0.717, 1.165) is 4.70 Å². The largest absolute Gasteiger partial charge is 0.507 e. The number of nitrogens with zero attached hydrogens (tertiary/aromatic N) is 2. The van der Waals surface area contributed by atoms with Crippen molar-refractivity contribution in [1.29, 1.82) is 0 Å². The summed E-state index contributed by atoms with van der Waals surface area (Å²) in [5, 5.41) is 11.9. The molecule has 2 aromatic carbocycles. The van der Waals surface area contributed by atoms with Crippen LogP contribution < -0.4 is 4.90 Å². The molecule has 1 aliphatic rings. The van der Waals surface area contributed by atoms with Gasteiger partial charge in [0.25, 0.3) is 5.78 Å². The number of hydrogen-bond acceptors (Lipinski definition) is 6. The smallest absolute Gasteiger partial charge is 0.302 e. The molecule has 1 saturated heterocycles. The Morgan fingerprint density at radius 2 is 1.90 bits per heavy atom. The minimum absolute atomic E-state index is 0.0390. The Balaban J connectivity index is 1.73. The fourth-order valence-electron chi connectivity index (χ4n) is 3.64. The summed E-state index contributed by atoms with van der Waals surface area (Å²) in [7, 11) is 0. The van der Waals surface area contributed by atoms with E-state index in [9.17, 15) is 14.7 Å². The number of anilines is 1. The van der Waals surface area contributed by atoms with Crippen molar-refractivity contribution < 1.29 is 19.1 Å². The molecule has 3 heterocycles. The fourth-order valence-corrected chi connectivity index (χ4v) is 4.91. The maximum atomic E-state index is 13.1. The summed E-state index contributed by atoms with van der Waals surface area (Å²) < 4.78 is 6.57. The van der Waals surface area contributed by atoms with E-state index < -0.39 is 17.7 Å². The number of aliphatic hydroxyl groups is 1. The van der Waals surface area contributed by atoms with Crippen molar-refractivity contribution in [2.75, 3.05) is 4.90 Å². The number of hydrogen-bond donors (Lipinski definition) is 1. The molecule has 31 heavy (non-hydrogen) atoms. The topological polar surface area (TPSA) is 83.6 Å². The average molecular weight is 451 g/mol. The van der Waals surface area contributed by atoms with Crippen LogP contribution in [0.2, 0.25) is 5.02 Å². The van der Waals surface area contributed by atoms with E-state index in [1.807, 2.05) is 0 Å². The van der Waals surface area contributed by atoms with Crippen LogP contribution in [0.15, 0.2) is 70.7 Å². The van der Waals surface area contributed by atoms with Gasteiger partial charge in [-0.25, -0.2) is 4.98 Å². The number of ketones is 1. The number of rotatable bonds is 3. The molecule has 0 aliphatic carbocycles. The van der Waals surface area contributed by atoms with Crippen molar-refractivity contribution >= 4 is 55.7 Å². The van der Waals surface area contributed by atoms with Gasteiger partial charge in [0.15, 0.2) is 5.13 Å². The zero-order valence-corrected chi connectivity index (χ0v) is 17.8. The number of aryl methyl sites for hydroxylation is 1. The molecule has 0 radical (unpaired) electrons. The monoisotopic (exact) mass is 450 g/mol. The van der Waals surface area contributed by atoms with Gasteiger partial charge in [0.1, 0.15) is 23.3 Å². The summed E-state index contributed by atoms with van der Waals surface area (Å²) in [4.78, 5) is 32.0. The van der Waals surface area contributed by atoms with Crippen molar-refractivity contribution in [3.8, 4) is 0 Å². The summed E-state index contributed by atoms with van der Waals surface area (Å²) in [6.45, 7) is 1.77. The molecular weight excluding hydrogens is 436 g/mol. The van der Waals surface area contributed by atoms with Gasteiger partial charge in [0.05, 0.1) is 15.8 Å². The zero-order chi connectivity index (χ0) is 21.7. The summed E-state index contributed by atoms with van der Waals surface area (Å²) in [5.41, 5.74) is 1.05. The Bertz CT molecular complexity index is 1370. The number of fused-ring (bicyclic) bond motifs is 1. The third kappa shape index (κ3) is 3.22. The lowest BCUT2D eigenvalue weighted by atomic mass is 9.99. The first-order chi connectivity index (χ1) is 14.9. The summed E-state index contributed by atoms with van der Waals surface area (Å²) in [5.74, 6) is -0.841. The number of carbonyl (C=O) groups excluding carboxylic acids is 2. The summed E-state index contributed by atoms with van der Waals surface area (Å²) in [6.07, 6.45) is 0. The molecule has 4 aromatic rings. The van der Waals surface area contributed by atoms with Gasteiger partial charge in [-0.3, -0.25) is 14.5 Å². The molecule has 1 aliphatic heterocycles. The zero-order valence-electron chi connectivity index (χ0n) is 16.2. The van der Waals surface area contributed by atoms with Crippen LogP contribution in [0.25, 0.3) is 16.0 Å². The number of Topliss-reactive ketones (excluding diaryl/α,β-unsaturated/α-hetero) is 1. The van der Waals surface area contributed by atoms with Crippen molar-refractivity contribution in [1.82, 2.24) is 4.98 Å². The van der Waals surface area contributed by atoms with Gasteiger partial charge in [-0.05, 0) is 37.3 Å². The van der Waals surface area contributed by atoms with Gasteiger partial charge in [0, 0.05) is 10.6 Å². The molecule has 154 valence electrons.